The number of carbonyl (C=O) groups excluding carboxylic acids is 1. The highest BCUT2D eigenvalue weighted by atomic mass is 32.2. The van der Waals surface area contributed by atoms with E-state index in [-0.39, 0.29) is 16.8 Å². The lowest BCUT2D eigenvalue weighted by Crippen LogP contribution is -2.29. The first kappa shape index (κ1) is 21.6. The number of benzene rings is 3. The van der Waals surface area contributed by atoms with Gasteiger partial charge in [-0.2, -0.15) is 0 Å². The van der Waals surface area contributed by atoms with Crippen LogP contribution in [0.2, 0.25) is 0 Å². The maximum atomic E-state index is 12.9. The second-order valence-electron chi connectivity index (χ2n) is 7.57. The number of nitrogens with one attached hydrogen (secondary N) is 2. The lowest BCUT2D eigenvalue weighted by molar-refractivity contribution is 0.0931. The molecule has 0 aromatic heterocycles. The average molecular weight is 423 g/mol. The van der Waals surface area contributed by atoms with Gasteiger partial charge in [0.25, 0.3) is 15.9 Å². The van der Waals surface area contributed by atoms with Crippen molar-refractivity contribution in [2.24, 2.45) is 5.92 Å². The fraction of sp³-hybridized carbons (Fsp3) is 0.208. The van der Waals surface area contributed by atoms with Gasteiger partial charge in [-0.3, -0.25) is 9.52 Å². The lowest BCUT2D eigenvalue weighted by atomic mass is 9.96. The number of para-hydroxylation sites is 1. The van der Waals surface area contributed by atoms with E-state index in [1.807, 2.05) is 36.4 Å². The molecule has 30 heavy (non-hydrogen) atoms. The lowest BCUT2D eigenvalue weighted by Gasteiger charge is -2.21. The molecule has 0 spiro atoms. The van der Waals surface area contributed by atoms with E-state index >= 15 is 0 Å². The van der Waals surface area contributed by atoms with Crippen LogP contribution in [0.25, 0.3) is 0 Å². The maximum absolute atomic E-state index is 12.9. The molecule has 0 heterocycles. The van der Waals surface area contributed by atoms with Crippen molar-refractivity contribution < 1.29 is 13.2 Å². The first-order valence-electron chi connectivity index (χ1n) is 9.89. The zero-order valence-electron chi connectivity index (χ0n) is 17.1. The SMILES string of the molecule is CC(C)CC(NC(=O)c1cccc(S(=O)(=O)Nc2ccccc2)c1)c1ccccc1. The number of carbonyl (C=O) groups is 1. The van der Waals surface area contributed by atoms with Crippen molar-refractivity contribution in [1.29, 1.82) is 0 Å². The molecule has 0 bridgehead atoms. The molecular weight excluding hydrogens is 396 g/mol. The van der Waals surface area contributed by atoms with Crippen LogP contribution < -0.4 is 10.0 Å². The molecule has 0 radical (unpaired) electrons. The van der Waals surface area contributed by atoms with Gasteiger partial charge in [0.05, 0.1) is 10.9 Å². The van der Waals surface area contributed by atoms with Crippen LogP contribution in [0.5, 0.6) is 0 Å². The fourth-order valence-electron chi connectivity index (χ4n) is 3.20. The van der Waals surface area contributed by atoms with Gasteiger partial charge in [0.2, 0.25) is 0 Å². The predicted molar refractivity (Wildman–Crippen MR) is 120 cm³/mol. The topological polar surface area (TPSA) is 75.3 Å². The molecule has 6 heteroatoms. The summed E-state index contributed by atoms with van der Waals surface area (Å²) in [5, 5.41) is 3.06. The Labute approximate surface area is 178 Å². The standard InChI is InChI=1S/C24H26N2O3S/c1-18(2)16-23(19-10-5-3-6-11-19)25-24(27)20-12-9-15-22(17-20)30(28,29)26-21-13-7-4-8-14-21/h3-15,17-18,23,26H,16H2,1-2H3,(H,25,27). The average Bonchev–Trinajstić information content (AvgIpc) is 2.74. The molecule has 0 saturated carbocycles. The molecule has 3 aromatic rings. The van der Waals surface area contributed by atoms with Crippen LogP contribution in [-0.2, 0) is 10.0 Å². The van der Waals surface area contributed by atoms with Crippen LogP contribution in [-0.4, -0.2) is 14.3 Å². The van der Waals surface area contributed by atoms with Crippen LogP contribution in [0.3, 0.4) is 0 Å². The summed E-state index contributed by atoms with van der Waals surface area (Å²) < 4.78 is 28.0. The van der Waals surface area contributed by atoms with Crippen LogP contribution in [0.1, 0.15) is 42.2 Å². The number of amides is 1. The summed E-state index contributed by atoms with van der Waals surface area (Å²) in [6.45, 7) is 4.20. The van der Waals surface area contributed by atoms with Crippen LogP contribution >= 0.6 is 0 Å². The smallest absolute Gasteiger partial charge is 0.261 e. The normalized spacial score (nSPS) is 12.4. The molecule has 1 unspecified atom stereocenters. The minimum absolute atomic E-state index is 0.0409. The maximum Gasteiger partial charge on any atom is 0.261 e. The first-order valence-corrected chi connectivity index (χ1v) is 11.4. The largest absolute Gasteiger partial charge is 0.345 e. The first-order chi connectivity index (χ1) is 14.3. The van der Waals surface area contributed by atoms with E-state index in [0.29, 0.717) is 17.2 Å². The molecular formula is C24H26N2O3S. The van der Waals surface area contributed by atoms with Crippen molar-refractivity contribution in [3.8, 4) is 0 Å². The highest BCUT2D eigenvalue weighted by Gasteiger charge is 2.20. The van der Waals surface area contributed by atoms with Gasteiger partial charge in [-0.15, -0.1) is 0 Å². The summed E-state index contributed by atoms with van der Waals surface area (Å²) >= 11 is 0. The monoisotopic (exact) mass is 422 g/mol. The summed E-state index contributed by atoms with van der Waals surface area (Å²) in [4.78, 5) is 13.0. The highest BCUT2D eigenvalue weighted by Crippen LogP contribution is 2.22. The third kappa shape index (κ3) is 5.70. The second-order valence-corrected chi connectivity index (χ2v) is 9.25. The van der Waals surface area contributed by atoms with E-state index in [9.17, 15) is 13.2 Å². The predicted octanol–water partition coefficient (Wildman–Crippen LogP) is 5.00. The third-order valence-electron chi connectivity index (χ3n) is 4.65. The summed E-state index contributed by atoms with van der Waals surface area (Å²) in [5.41, 5.74) is 1.79. The summed E-state index contributed by atoms with van der Waals surface area (Å²) in [6.07, 6.45) is 0.781. The molecule has 0 fully saturated rings. The molecule has 156 valence electrons. The molecule has 0 aliphatic heterocycles. The van der Waals surface area contributed by atoms with E-state index in [0.717, 1.165) is 12.0 Å². The van der Waals surface area contributed by atoms with E-state index in [2.05, 4.69) is 23.9 Å². The number of hydrogen-bond donors (Lipinski definition) is 2. The number of rotatable bonds is 8. The Bertz CT molecular complexity index is 1080. The molecule has 0 aliphatic rings. The summed E-state index contributed by atoms with van der Waals surface area (Å²) in [7, 11) is -3.80. The zero-order chi connectivity index (χ0) is 21.6. The highest BCUT2D eigenvalue weighted by molar-refractivity contribution is 7.92. The van der Waals surface area contributed by atoms with Crippen molar-refractivity contribution in [2.45, 2.75) is 31.2 Å². The molecule has 0 aliphatic carbocycles. The van der Waals surface area contributed by atoms with Gasteiger partial charge >= 0.3 is 0 Å². The van der Waals surface area contributed by atoms with Crippen molar-refractivity contribution in [3.63, 3.8) is 0 Å². The van der Waals surface area contributed by atoms with Gasteiger partial charge in [0, 0.05) is 11.3 Å². The van der Waals surface area contributed by atoms with Crippen molar-refractivity contribution >= 4 is 21.6 Å². The fourth-order valence-corrected chi connectivity index (χ4v) is 4.31. The second kappa shape index (κ2) is 9.59. The number of anilines is 1. The Morgan fingerprint density at radius 1 is 0.867 bits per heavy atom. The van der Waals surface area contributed by atoms with E-state index in [1.165, 1.54) is 12.1 Å². The van der Waals surface area contributed by atoms with Crippen LogP contribution in [0, 0.1) is 5.92 Å². The Hall–Kier alpha value is -3.12. The number of sulfonamides is 1. The molecule has 3 aromatic carbocycles. The Kier molecular flexibility index (Phi) is 6.90. The van der Waals surface area contributed by atoms with E-state index < -0.39 is 10.0 Å². The van der Waals surface area contributed by atoms with Gasteiger partial charge in [-0.1, -0.05) is 68.4 Å². The Morgan fingerprint density at radius 2 is 1.50 bits per heavy atom. The molecule has 0 saturated heterocycles. The van der Waals surface area contributed by atoms with Gasteiger partial charge < -0.3 is 5.32 Å². The third-order valence-corrected chi connectivity index (χ3v) is 6.03. The Balaban J connectivity index is 1.81. The van der Waals surface area contributed by atoms with Crippen molar-refractivity contribution in [1.82, 2.24) is 5.32 Å². The quantitative estimate of drug-likeness (QED) is 0.536. The molecule has 1 atom stereocenters. The minimum atomic E-state index is -3.80. The van der Waals surface area contributed by atoms with E-state index in [1.54, 1.807) is 36.4 Å². The molecule has 3 rings (SSSR count). The van der Waals surface area contributed by atoms with Crippen LogP contribution in [0.4, 0.5) is 5.69 Å². The van der Waals surface area contributed by atoms with Gasteiger partial charge in [-0.25, -0.2) is 8.42 Å². The molecule has 5 nitrogen and oxygen atoms in total. The van der Waals surface area contributed by atoms with Gasteiger partial charge in [-0.05, 0) is 48.2 Å². The summed E-state index contributed by atoms with van der Waals surface area (Å²) in [6, 6.07) is 24.4. The van der Waals surface area contributed by atoms with Gasteiger partial charge in [0.1, 0.15) is 0 Å². The number of hydrogen-bond acceptors (Lipinski definition) is 3. The minimum Gasteiger partial charge on any atom is -0.345 e. The van der Waals surface area contributed by atoms with Gasteiger partial charge in [0.15, 0.2) is 0 Å². The zero-order valence-corrected chi connectivity index (χ0v) is 17.9. The van der Waals surface area contributed by atoms with Crippen molar-refractivity contribution in [3.05, 3.63) is 96.1 Å². The van der Waals surface area contributed by atoms with E-state index in [4.69, 9.17) is 0 Å². The molecule has 1 amide bonds. The van der Waals surface area contributed by atoms with Crippen molar-refractivity contribution in [2.75, 3.05) is 4.72 Å². The summed E-state index contributed by atoms with van der Waals surface area (Å²) in [5.74, 6) is 0.0820. The molecule has 2 N–H and O–H groups in total. The Morgan fingerprint density at radius 3 is 2.13 bits per heavy atom. The van der Waals surface area contributed by atoms with Crippen LogP contribution in [0.15, 0.2) is 89.8 Å².